The van der Waals surface area contributed by atoms with E-state index < -0.39 is 6.17 Å². The van der Waals surface area contributed by atoms with Gasteiger partial charge in [-0.15, -0.1) is 5.10 Å². The maximum absolute atomic E-state index is 14.0. The number of nitrogens with zero attached hydrogens (tertiary/aromatic N) is 5. The van der Waals surface area contributed by atoms with E-state index in [4.69, 9.17) is 0 Å². The predicted molar refractivity (Wildman–Crippen MR) is 95.9 cm³/mol. The highest BCUT2D eigenvalue weighted by molar-refractivity contribution is 5.94. The van der Waals surface area contributed by atoms with Gasteiger partial charge in [-0.2, -0.15) is 0 Å². The molecule has 1 aliphatic heterocycles. The number of aryl methyl sites for hydroxylation is 1. The lowest BCUT2D eigenvalue weighted by molar-refractivity contribution is 0.0713. The van der Waals surface area contributed by atoms with Crippen LogP contribution in [0.5, 0.6) is 0 Å². The molecule has 8 nitrogen and oxygen atoms in total. The van der Waals surface area contributed by atoms with E-state index in [1.54, 1.807) is 12.1 Å². The van der Waals surface area contributed by atoms with E-state index in [-0.39, 0.29) is 49.1 Å². The lowest BCUT2D eigenvalue weighted by atomic mass is 10.2. The standard InChI is InChI=1S/C18H23FN6O2/c1-11(2)21-17(26)16-10-24(23-22-16)9-15-6-14(19)8-25(15)18(27)13-5-4-12(3)20-7-13/h4-5,7,10-11,14-15H,6,8-9H2,1-3H3,(H,21,26). The highest BCUT2D eigenvalue weighted by Gasteiger charge is 2.36. The topological polar surface area (TPSA) is 93.0 Å². The summed E-state index contributed by atoms with van der Waals surface area (Å²) in [5.41, 5.74) is 1.43. The quantitative estimate of drug-likeness (QED) is 0.853. The zero-order valence-corrected chi connectivity index (χ0v) is 15.6. The minimum absolute atomic E-state index is 0.0130. The molecule has 0 spiro atoms. The molecule has 1 N–H and O–H groups in total. The van der Waals surface area contributed by atoms with Gasteiger partial charge in [-0.1, -0.05) is 5.21 Å². The van der Waals surface area contributed by atoms with E-state index in [1.807, 2.05) is 20.8 Å². The van der Waals surface area contributed by atoms with Gasteiger partial charge in [0.1, 0.15) is 6.17 Å². The van der Waals surface area contributed by atoms with Crippen LogP contribution in [0, 0.1) is 6.92 Å². The van der Waals surface area contributed by atoms with Crippen molar-refractivity contribution >= 4 is 11.8 Å². The SMILES string of the molecule is Cc1ccc(C(=O)N2CC(F)CC2Cn2cc(C(=O)NC(C)C)nn2)cn1. The molecule has 2 unspecified atom stereocenters. The molecule has 0 aliphatic carbocycles. The average Bonchev–Trinajstić information content (AvgIpc) is 3.21. The summed E-state index contributed by atoms with van der Waals surface area (Å²) >= 11 is 0. The number of pyridine rings is 1. The van der Waals surface area contributed by atoms with Crippen molar-refractivity contribution in [3.63, 3.8) is 0 Å². The lowest BCUT2D eigenvalue weighted by Gasteiger charge is -2.24. The Labute approximate surface area is 156 Å². The molecule has 144 valence electrons. The van der Waals surface area contributed by atoms with Gasteiger partial charge in [0.05, 0.1) is 30.9 Å². The summed E-state index contributed by atoms with van der Waals surface area (Å²) in [7, 11) is 0. The van der Waals surface area contributed by atoms with Crippen LogP contribution in [0.25, 0.3) is 0 Å². The van der Waals surface area contributed by atoms with Crippen molar-refractivity contribution < 1.29 is 14.0 Å². The van der Waals surface area contributed by atoms with Crippen molar-refractivity contribution in [1.29, 1.82) is 0 Å². The number of hydrogen-bond acceptors (Lipinski definition) is 5. The number of carbonyl (C=O) groups excluding carboxylic acids is 2. The van der Waals surface area contributed by atoms with Gasteiger partial charge in [0.25, 0.3) is 11.8 Å². The smallest absolute Gasteiger partial charge is 0.273 e. The largest absolute Gasteiger partial charge is 0.348 e. The molecule has 3 heterocycles. The fourth-order valence-electron chi connectivity index (χ4n) is 3.09. The fourth-order valence-corrected chi connectivity index (χ4v) is 3.09. The molecule has 27 heavy (non-hydrogen) atoms. The molecule has 0 aromatic carbocycles. The molecule has 9 heteroatoms. The summed E-state index contributed by atoms with van der Waals surface area (Å²) in [4.78, 5) is 30.4. The van der Waals surface area contributed by atoms with E-state index in [1.165, 1.54) is 22.0 Å². The van der Waals surface area contributed by atoms with Gasteiger partial charge in [0.15, 0.2) is 5.69 Å². The Kier molecular flexibility index (Phi) is 5.48. The Balaban J connectivity index is 1.71. The molecular weight excluding hydrogens is 351 g/mol. The summed E-state index contributed by atoms with van der Waals surface area (Å²) < 4.78 is 15.5. The number of aromatic nitrogens is 4. The Morgan fingerprint density at radius 1 is 1.37 bits per heavy atom. The van der Waals surface area contributed by atoms with Gasteiger partial charge in [-0.3, -0.25) is 14.6 Å². The van der Waals surface area contributed by atoms with E-state index in [0.717, 1.165) is 5.69 Å². The number of halogens is 1. The summed E-state index contributed by atoms with van der Waals surface area (Å²) in [5, 5.41) is 10.5. The first-order chi connectivity index (χ1) is 12.8. The third kappa shape index (κ3) is 4.47. The Bertz CT molecular complexity index is 820. The van der Waals surface area contributed by atoms with Crippen LogP contribution in [-0.2, 0) is 6.54 Å². The van der Waals surface area contributed by atoms with Crippen LogP contribution in [0.3, 0.4) is 0 Å². The van der Waals surface area contributed by atoms with Crippen LogP contribution >= 0.6 is 0 Å². The first-order valence-corrected chi connectivity index (χ1v) is 8.92. The number of alkyl halides is 1. The summed E-state index contributed by atoms with van der Waals surface area (Å²) in [5.74, 6) is -0.574. The second-order valence-corrected chi connectivity index (χ2v) is 7.09. The molecule has 2 aromatic heterocycles. The first kappa shape index (κ1) is 18.9. The molecule has 1 saturated heterocycles. The molecule has 0 radical (unpaired) electrons. The van der Waals surface area contributed by atoms with Crippen LogP contribution in [0.4, 0.5) is 4.39 Å². The minimum Gasteiger partial charge on any atom is -0.348 e. The molecule has 2 amide bonds. The second kappa shape index (κ2) is 7.81. The van der Waals surface area contributed by atoms with E-state index >= 15 is 0 Å². The molecular formula is C18H23FN6O2. The van der Waals surface area contributed by atoms with Crippen molar-refractivity contribution in [1.82, 2.24) is 30.2 Å². The van der Waals surface area contributed by atoms with E-state index in [9.17, 15) is 14.0 Å². The van der Waals surface area contributed by atoms with Crippen molar-refractivity contribution in [2.45, 2.75) is 52.0 Å². The number of hydrogen-bond donors (Lipinski definition) is 1. The highest BCUT2D eigenvalue weighted by atomic mass is 19.1. The van der Waals surface area contributed by atoms with Crippen LogP contribution in [0.1, 0.15) is 46.8 Å². The molecule has 2 atom stereocenters. The van der Waals surface area contributed by atoms with Gasteiger partial charge in [0.2, 0.25) is 0 Å². The van der Waals surface area contributed by atoms with Crippen molar-refractivity contribution in [3.8, 4) is 0 Å². The second-order valence-electron chi connectivity index (χ2n) is 7.09. The predicted octanol–water partition coefficient (Wildman–Crippen LogP) is 1.37. The highest BCUT2D eigenvalue weighted by Crippen LogP contribution is 2.24. The lowest BCUT2D eigenvalue weighted by Crippen LogP contribution is -2.38. The van der Waals surface area contributed by atoms with Crippen molar-refractivity contribution in [2.75, 3.05) is 6.54 Å². The third-order valence-corrected chi connectivity index (χ3v) is 4.37. The van der Waals surface area contributed by atoms with Gasteiger partial charge < -0.3 is 10.2 Å². The third-order valence-electron chi connectivity index (χ3n) is 4.37. The molecule has 2 aromatic rings. The van der Waals surface area contributed by atoms with Crippen LogP contribution in [0.15, 0.2) is 24.5 Å². The van der Waals surface area contributed by atoms with Crippen molar-refractivity contribution in [2.24, 2.45) is 0 Å². The van der Waals surface area contributed by atoms with Crippen LogP contribution in [0.2, 0.25) is 0 Å². The normalized spacial score (nSPS) is 19.5. The molecule has 0 bridgehead atoms. The zero-order valence-electron chi connectivity index (χ0n) is 15.6. The zero-order chi connectivity index (χ0) is 19.6. The van der Waals surface area contributed by atoms with E-state index in [0.29, 0.717) is 5.56 Å². The Morgan fingerprint density at radius 3 is 2.81 bits per heavy atom. The number of rotatable bonds is 5. The summed E-state index contributed by atoms with van der Waals surface area (Å²) in [6, 6.07) is 3.07. The number of amides is 2. The van der Waals surface area contributed by atoms with Crippen LogP contribution in [-0.4, -0.2) is 61.5 Å². The number of likely N-dealkylation sites (tertiary alicyclic amines) is 1. The summed E-state index contributed by atoms with van der Waals surface area (Å²) in [6.07, 6.45) is 2.15. The minimum atomic E-state index is -1.09. The maximum atomic E-state index is 14.0. The number of carbonyl (C=O) groups is 2. The van der Waals surface area contributed by atoms with E-state index in [2.05, 4.69) is 20.6 Å². The van der Waals surface area contributed by atoms with Gasteiger partial charge in [-0.05, 0) is 32.9 Å². The molecule has 0 saturated carbocycles. The first-order valence-electron chi connectivity index (χ1n) is 8.92. The molecule has 1 fully saturated rings. The van der Waals surface area contributed by atoms with Gasteiger partial charge in [-0.25, -0.2) is 9.07 Å². The Hall–Kier alpha value is -2.84. The number of nitrogens with one attached hydrogen (secondary N) is 1. The summed E-state index contributed by atoms with van der Waals surface area (Å²) in [6.45, 7) is 5.85. The monoisotopic (exact) mass is 374 g/mol. The van der Waals surface area contributed by atoms with Crippen LogP contribution < -0.4 is 5.32 Å². The molecule has 3 rings (SSSR count). The van der Waals surface area contributed by atoms with Gasteiger partial charge >= 0.3 is 0 Å². The molecule has 1 aliphatic rings. The van der Waals surface area contributed by atoms with Gasteiger partial charge in [0, 0.05) is 24.4 Å². The average molecular weight is 374 g/mol. The Morgan fingerprint density at radius 2 is 2.15 bits per heavy atom. The fraction of sp³-hybridized carbons (Fsp3) is 0.500. The van der Waals surface area contributed by atoms with Crippen molar-refractivity contribution in [3.05, 3.63) is 41.5 Å². The maximum Gasteiger partial charge on any atom is 0.273 e.